The Morgan fingerprint density at radius 2 is 2.00 bits per heavy atom. The van der Waals surface area contributed by atoms with Crippen LogP contribution in [0.4, 0.5) is 5.82 Å². The number of anilines is 1. The van der Waals surface area contributed by atoms with Gasteiger partial charge in [-0.05, 0) is 30.3 Å². The molecule has 0 atom stereocenters. The fourth-order valence-corrected chi connectivity index (χ4v) is 1.77. The lowest BCUT2D eigenvalue weighted by atomic mass is 10.2. The Kier molecular flexibility index (Phi) is 2.23. The Bertz CT molecular complexity index is 693. The van der Waals surface area contributed by atoms with Crippen LogP contribution in [-0.4, -0.2) is 9.97 Å². The van der Waals surface area contributed by atoms with Crippen LogP contribution in [0, 0.1) is 0 Å². The van der Waals surface area contributed by atoms with E-state index in [9.17, 15) is 0 Å². The van der Waals surface area contributed by atoms with Crippen molar-refractivity contribution in [2.45, 2.75) is 0 Å². The predicted octanol–water partition coefficient (Wildman–Crippen LogP) is 3.13. The second-order valence-electron chi connectivity index (χ2n) is 3.59. The molecule has 0 aliphatic heterocycles. The van der Waals surface area contributed by atoms with Crippen molar-refractivity contribution in [3.8, 4) is 11.5 Å². The zero-order chi connectivity index (χ0) is 11.8. The summed E-state index contributed by atoms with van der Waals surface area (Å²) in [5, 5.41) is 0.636. The maximum atomic E-state index is 5.91. The summed E-state index contributed by atoms with van der Waals surface area (Å²) in [6.45, 7) is 0. The summed E-state index contributed by atoms with van der Waals surface area (Å²) >= 11 is 5.91. The highest BCUT2D eigenvalue weighted by molar-refractivity contribution is 6.30. The van der Waals surface area contributed by atoms with Crippen molar-refractivity contribution in [2.75, 3.05) is 5.73 Å². The molecule has 0 unspecified atom stereocenters. The van der Waals surface area contributed by atoms with Gasteiger partial charge in [0.25, 0.3) is 0 Å². The van der Waals surface area contributed by atoms with Crippen LogP contribution >= 0.6 is 11.6 Å². The minimum atomic E-state index is 0.409. The molecular weight excluding hydrogens is 238 g/mol. The van der Waals surface area contributed by atoms with Crippen LogP contribution in [-0.2, 0) is 0 Å². The highest BCUT2D eigenvalue weighted by Crippen LogP contribution is 2.25. The third kappa shape index (κ3) is 1.83. The van der Waals surface area contributed by atoms with E-state index in [0.29, 0.717) is 28.0 Å². The molecule has 3 rings (SSSR count). The van der Waals surface area contributed by atoms with Crippen molar-refractivity contribution in [3.63, 3.8) is 0 Å². The highest BCUT2D eigenvalue weighted by atomic mass is 35.5. The average molecular weight is 246 g/mol. The molecular formula is C12H8ClN3O. The van der Waals surface area contributed by atoms with E-state index in [1.165, 1.54) is 0 Å². The third-order valence-electron chi connectivity index (χ3n) is 2.35. The fourth-order valence-electron chi connectivity index (χ4n) is 1.58. The number of oxazole rings is 1. The quantitative estimate of drug-likeness (QED) is 0.715. The molecule has 0 aliphatic rings. The standard InChI is InChI=1S/C12H8ClN3O/c13-8-3-1-2-7(6-8)11-15-9-4-5-10(14)16-12(9)17-11/h1-6H,(H2,14,16). The Balaban J connectivity index is 2.18. The SMILES string of the molecule is Nc1ccc2nc(-c3cccc(Cl)c3)oc2n1. The van der Waals surface area contributed by atoms with Gasteiger partial charge < -0.3 is 10.2 Å². The molecule has 2 N–H and O–H groups in total. The van der Waals surface area contributed by atoms with E-state index >= 15 is 0 Å². The van der Waals surface area contributed by atoms with Gasteiger partial charge in [-0.15, -0.1) is 0 Å². The number of nitrogen functional groups attached to an aromatic ring is 1. The molecule has 0 bridgehead atoms. The van der Waals surface area contributed by atoms with Gasteiger partial charge in [0, 0.05) is 10.6 Å². The molecule has 0 fully saturated rings. The van der Waals surface area contributed by atoms with Gasteiger partial charge in [0.05, 0.1) is 0 Å². The summed E-state index contributed by atoms with van der Waals surface area (Å²) in [4.78, 5) is 8.38. The van der Waals surface area contributed by atoms with E-state index in [1.807, 2.05) is 12.1 Å². The first-order valence-corrected chi connectivity index (χ1v) is 5.39. The molecule has 0 spiro atoms. The van der Waals surface area contributed by atoms with E-state index in [0.717, 1.165) is 5.56 Å². The van der Waals surface area contributed by atoms with Gasteiger partial charge in [-0.2, -0.15) is 4.98 Å². The van der Waals surface area contributed by atoms with Crippen LogP contribution in [0.5, 0.6) is 0 Å². The van der Waals surface area contributed by atoms with Gasteiger partial charge in [0.1, 0.15) is 11.3 Å². The lowest BCUT2D eigenvalue weighted by Crippen LogP contribution is -1.87. The van der Waals surface area contributed by atoms with Crippen molar-refractivity contribution >= 4 is 28.6 Å². The van der Waals surface area contributed by atoms with Crippen molar-refractivity contribution in [3.05, 3.63) is 41.4 Å². The molecule has 0 amide bonds. The number of hydrogen-bond acceptors (Lipinski definition) is 4. The van der Waals surface area contributed by atoms with Crippen LogP contribution in [0.15, 0.2) is 40.8 Å². The molecule has 0 radical (unpaired) electrons. The molecule has 0 saturated carbocycles. The molecule has 0 aliphatic carbocycles. The van der Waals surface area contributed by atoms with Crippen molar-refractivity contribution in [1.29, 1.82) is 0 Å². The zero-order valence-corrected chi connectivity index (χ0v) is 9.48. The third-order valence-corrected chi connectivity index (χ3v) is 2.58. The monoisotopic (exact) mass is 245 g/mol. The molecule has 17 heavy (non-hydrogen) atoms. The maximum Gasteiger partial charge on any atom is 0.249 e. The largest absolute Gasteiger partial charge is 0.418 e. The first-order valence-electron chi connectivity index (χ1n) is 5.01. The van der Waals surface area contributed by atoms with Crippen LogP contribution in [0.2, 0.25) is 5.02 Å². The number of pyridine rings is 1. The number of aromatic nitrogens is 2. The van der Waals surface area contributed by atoms with Gasteiger partial charge in [-0.3, -0.25) is 0 Å². The molecule has 2 aromatic heterocycles. The van der Waals surface area contributed by atoms with Gasteiger partial charge in [-0.25, -0.2) is 4.98 Å². The smallest absolute Gasteiger partial charge is 0.249 e. The highest BCUT2D eigenvalue weighted by Gasteiger charge is 2.09. The van der Waals surface area contributed by atoms with Crippen molar-refractivity contribution in [2.24, 2.45) is 0 Å². The predicted molar refractivity (Wildman–Crippen MR) is 66.7 cm³/mol. The topological polar surface area (TPSA) is 64.9 Å². The Morgan fingerprint density at radius 3 is 2.82 bits per heavy atom. The lowest BCUT2D eigenvalue weighted by molar-refractivity contribution is 0.608. The molecule has 84 valence electrons. The summed E-state index contributed by atoms with van der Waals surface area (Å²) in [6.07, 6.45) is 0. The minimum Gasteiger partial charge on any atom is -0.418 e. The summed E-state index contributed by atoms with van der Waals surface area (Å²) in [5.41, 5.74) is 7.50. The minimum absolute atomic E-state index is 0.409. The van der Waals surface area contributed by atoms with Gasteiger partial charge >= 0.3 is 0 Å². The first-order chi connectivity index (χ1) is 8.22. The number of nitrogens with zero attached hydrogens (tertiary/aromatic N) is 2. The molecule has 4 nitrogen and oxygen atoms in total. The van der Waals surface area contributed by atoms with Crippen LogP contribution < -0.4 is 5.73 Å². The number of hydrogen-bond donors (Lipinski definition) is 1. The van der Waals surface area contributed by atoms with E-state index in [-0.39, 0.29) is 0 Å². The number of benzene rings is 1. The Hall–Kier alpha value is -2.07. The number of nitrogens with two attached hydrogens (primary N) is 1. The van der Waals surface area contributed by atoms with Gasteiger partial charge in [0.2, 0.25) is 11.6 Å². The van der Waals surface area contributed by atoms with Crippen molar-refractivity contribution < 1.29 is 4.42 Å². The summed E-state index contributed by atoms with van der Waals surface area (Å²) < 4.78 is 5.53. The molecule has 2 heterocycles. The molecule has 3 aromatic rings. The second-order valence-corrected chi connectivity index (χ2v) is 4.03. The van der Waals surface area contributed by atoms with Crippen LogP contribution in [0.25, 0.3) is 22.7 Å². The summed E-state index contributed by atoms with van der Waals surface area (Å²) in [5.74, 6) is 0.895. The fraction of sp³-hybridized carbons (Fsp3) is 0. The molecule has 1 aromatic carbocycles. The summed E-state index contributed by atoms with van der Waals surface area (Å²) in [7, 11) is 0. The van der Waals surface area contributed by atoms with E-state index in [2.05, 4.69) is 9.97 Å². The number of rotatable bonds is 1. The van der Waals surface area contributed by atoms with Crippen LogP contribution in [0.3, 0.4) is 0 Å². The van der Waals surface area contributed by atoms with Gasteiger partial charge in [-0.1, -0.05) is 17.7 Å². The van der Waals surface area contributed by atoms with E-state index in [1.54, 1.807) is 24.3 Å². The number of fused-ring (bicyclic) bond motifs is 1. The lowest BCUT2D eigenvalue weighted by Gasteiger charge is -1.94. The summed E-state index contributed by atoms with van der Waals surface area (Å²) in [6, 6.07) is 10.8. The van der Waals surface area contributed by atoms with Gasteiger partial charge in [0.15, 0.2) is 0 Å². The maximum absolute atomic E-state index is 5.91. The molecule has 5 heteroatoms. The Labute approximate surface area is 102 Å². The van der Waals surface area contributed by atoms with Crippen molar-refractivity contribution in [1.82, 2.24) is 9.97 Å². The van der Waals surface area contributed by atoms with Crippen LogP contribution in [0.1, 0.15) is 0 Å². The van der Waals surface area contributed by atoms with E-state index < -0.39 is 0 Å². The Morgan fingerprint density at radius 1 is 1.12 bits per heavy atom. The zero-order valence-electron chi connectivity index (χ0n) is 8.72. The molecule has 0 saturated heterocycles. The van der Waals surface area contributed by atoms with E-state index in [4.69, 9.17) is 21.8 Å². The first kappa shape index (κ1) is 10.1. The average Bonchev–Trinajstić information content (AvgIpc) is 2.72. The second kappa shape index (κ2) is 3.75. The normalized spacial score (nSPS) is 10.9. The number of halogens is 1.